The molecule has 146 valence electrons. The molecule has 5 heteroatoms. The molecule has 1 rings (SSSR count). The molecule has 26 heavy (non-hydrogen) atoms. The summed E-state index contributed by atoms with van der Waals surface area (Å²) in [5.41, 5.74) is 5.12. The van der Waals surface area contributed by atoms with Crippen LogP contribution in [0.3, 0.4) is 0 Å². The summed E-state index contributed by atoms with van der Waals surface area (Å²) in [6.07, 6.45) is 23.7. The smallest absolute Gasteiger partial charge is 0.217 e. The van der Waals surface area contributed by atoms with E-state index in [0.29, 0.717) is 6.42 Å². The average molecular weight is 395 g/mol. The largest absolute Gasteiger partial charge is 0.370 e. The number of primary amides is 1. The number of aliphatic imine (C=N–C) groups is 1. The molecule has 0 radical (unpaired) electrons. The molecule has 0 fully saturated rings. The highest BCUT2D eigenvalue weighted by Gasteiger charge is 2.10. The van der Waals surface area contributed by atoms with Crippen LogP contribution >= 0.6 is 24.0 Å². The van der Waals surface area contributed by atoms with Crippen LogP contribution in [0.4, 0.5) is 0 Å². The van der Waals surface area contributed by atoms with E-state index in [4.69, 9.17) is 18.0 Å². The van der Waals surface area contributed by atoms with Crippen molar-refractivity contribution in [1.29, 1.82) is 0 Å². The van der Waals surface area contributed by atoms with Crippen molar-refractivity contribution in [3.8, 4) is 0 Å². The second kappa shape index (κ2) is 16.2. The average Bonchev–Trinajstić information content (AvgIpc) is 3.02. The maximum absolute atomic E-state index is 10.6. The molecule has 1 aliphatic rings. The summed E-state index contributed by atoms with van der Waals surface area (Å²) in [6, 6.07) is 0. The van der Waals surface area contributed by atoms with Gasteiger partial charge in [-0.05, 0) is 51.4 Å². The van der Waals surface area contributed by atoms with Gasteiger partial charge in [0.15, 0.2) is 0 Å². The monoisotopic (exact) mass is 394 g/mol. The first-order chi connectivity index (χ1) is 12.7. The summed E-state index contributed by atoms with van der Waals surface area (Å²) in [6.45, 7) is 0. The molecule has 3 nitrogen and oxygen atoms in total. The lowest BCUT2D eigenvalue weighted by Gasteiger charge is -1.98. The molecule has 0 spiro atoms. The molecule has 0 aromatic heterocycles. The van der Waals surface area contributed by atoms with Crippen molar-refractivity contribution in [3.05, 3.63) is 24.3 Å². The lowest BCUT2D eigenvalue weighted by Crippen LogP contribution is -2.09. The SMILES string of the molecule is NC(=O)CCCCCCC/C=C\C/C=C\CCCCCC1=NC(=S)CS1. The molecule has 0 atom stereocenters. The summed E-state index contributed by atoms with van der Waals surface area (Å²) >= 11 is 6.89. The molecule has 1 amide bonds. The Labute approximate surface area is 169 Å². The van der Waals surface area contributed by atoms with Gasteiger partial charge < -0.3 is 5.73 Å². The number of hydrogen-bond donors (Lipinski definition) is 1. The number of carbonyl (C=O) groups excluding carboxylic acids is 1. The second-order valence-corrected chi connectivity index (χ2v) is 8.26. The molecule has 0 aromatic rings. The minimum absolute atomic E-state index is 0.177. The van der Waals surface area contributed by atoms with Gasteiger partial charge in [-0.25, -0.2) is 4.99 Å². The van der Waals surface area contributed by atoms with Gasteiger partial charge in [0.1, 0.15) is 4.99 Å². The number of thioether (sulfide) groups is 1. The highest BCUT2D eigenvalue weighted by atomic mass is 32.2. The Balaban J connectivity index is 1.81. The van der Waals surface area contributed by atoms with Crippen molar-refractivity contribution in [3.63, 3.8) is 0 Å². The van der Waals surface area contributed by atoms with Crippen LogP contribution in [0.25, 0.3) is 0 Å². The number of carbonyl (C=O) groups is 1. The lowest BCUT2D eigenvalue weighted by molar-refractivity contribution is -0.118. The van der Waals surface area contributed by atoms with Crippen molar-refractivity contribution in [2.24, 2.45) is 10.7 Å². The number of nitrogens with two attached hydrogens (primary N) is 1. The van der Waals surface area contributed by atoms with Crippen molar-refractivity contribution in [2.75, 3.05) is 5.75 Å². The van der Waals surface area contributed by atoms with Crippen LogP contribution in [0.5, 0.6) is 0 Å². The molecule has 0 aromatic carbocycles. The van der Waals surface area contributed by atoms with Crippen molar-refractivity contribution in [2.45, 2.75) is 83.5 Å². The van der Waals surface area contributed by atoms with Crippen molar-refractivity contribution in [1.82, 2.24) is 0 Å². The zero-order valence-electron chi connectivity index (χ0n) is 16.0. The van der Waals surface area contributed by atoms with Crippen LogP contribution in [-0.2, 0) is 4.79 Å². The predicted molar refractivity (Wildman–Crippen MR) is 120 cm³/mol. The first kappa shape index (κ1) is 23.1. The molecule has 2 N–H and O–H groups in total. The second-order valence-electron chi connectivity index (χ2n) is 6.74. The summed E-state index contributed by atoms with van der Waals surface area (Å²) < 4.78 is 0. The number of nitrogens with zero attached hydrogens (tertiary/aromatic N) is 1. The third-order valence-electron chi connectivity index (χ3n) is 4.27. The molecular weight excluding hydrogens is 360 g/mol. The van der Waals surface area contributed by atoms with E-state index in [1.807, 2.05) is 11.8 Å². The normalized spacial score (nSPS) is 14.6. The highest BCUT2D eigenvalue weighted by Crippen LogP contribution is 2.19. The third kappa shape index (κ3) is 14.3. The summed E-state index contributed by atoms with van der Waals surface area (Å²) in [5.74, 6) is 0.738. The van der Waals surface area contributed by atoms with Gasteiger partial charge in [0.25, 0.3) is 0 Å². The fourth-order valence-electron chi connectivity index (χ4n) is 2.79. The first-order valence-electron chi connectivity index (χ1n) is 10.00. The van der Waals surface area contributed by atoms with Gasteiger partial charge in [0, 0.05) is 6.42 Å². The molecule has 0 unspecified atom stereocenters. The fraction of sp³-hybridized carbons (Fsp3) is 0.667. The topological polar surface area (TPSA) is 55.5 Å². The molecule has 0 saturated carbocycles. The van der Waals surface area contributed by atoms with Gasteiger partial charge >= 0.3 is 0 Å². The molecule has 0 saturated heterocycles. The van der Waals surface area contributed by atoms with E-state index in [-0.39, 0.29) is 5.91 Å². The van der Waals surface area contributed by atoms with Crippen LogP contribution in [0.15, 0.2) is 29.3 Å². The van der Waals surface area contributed by atoms with Crippen LogP contribution in [0.1, 0.15) is 83.5 Å². The standard InChI is InChI=1S/C21H34N2OS2/c22-19(24)16-14-12-10-8-6-4-2-1-3-5-7-9-11-13-15-17-21-23-20(25)18-26-21/h1-2,5,7H,3-4,6,8-18H2,(H2,22,24)/b2-1-,7-5-. The van der Waals surface area contributed by atoms with Gasteiger partial charge in [0.2, 0.25) is 5.91 Å². The molecular formula is C21H34N2OS2. The van der Waals surface area contributed by atoms with Crippen LogP contribution in [-0.4, -0.2) is 21.7 Å². The minimum Gasteiger partial charge on any atom is -0.370 e. The number of rotatable bonds is 16. The Morgan fingerprint density at radius 1 is 0.962 bits per heavy atom. The summed E-state index contributed by atoms with van der Waals surface area (Å²) in [5, 5.41) is 1.24. The number of hydrogen-bond acceptors (Lipinski definition) is 3. The third-order valence-corrected chi connectivity index (χ3v) is 5.74. The van der Waals surface area contributed by atoms with E-state index in [0.717, 1.165) is 42.8 Å². The van der Waals surface area contributed by atoms with Crippen LogP contribution in [0, 0.1) is 0 Å². The van der Waals surface area contributed by atoms with Crippen LogP contribution in [0.2, 0.25) is 0 Å². The van der Waals surface area contributed by atoms with Gasteiger partial charge in [-0.3, -0.25) is 4.79 Å². The fourth-order valence-corrected chi connectivity index (χ4v) is 3.95. The maximum Gasteiger partial charge on any atom is 0.217 e. The Bertz CT molecular complexity index is 498. The number of allylic oxidation sites excluding steroid dienone is 4. The summed E-state index contributed by atoms with van der Waals surface area (Å²) in [4.78, 5) is 15.8. The Morgan fingerprint density at radius 3 is 2.19 bits per heavy atom. The summed E-state index contributed by atoms with van der Waals surface area (Å²) in [7, 11) is 0. The molecule has 1 heterocycles. The van der Waals surface area contributed by atoms with Crippen molar-refractivity contribution >= 4 is 39.9 Å². The molecule has 1 aliphatic heterocycles. The van der Waals surface area contributed by atoms with E-state index < -0.39 is 0 Å². The lowest BCUT2D eigenvalue weighted by atomic mass is 10.1. The number of thiocarbonyl (C=S) groups is 1. The predicted octanol–water partition coefficient (Wildman–Crippen LogP) is 6.13. The Kier molecular flexibility index (Phi) is 14.4. The van der Waals surface area contributed by atoms with E-state index in [1.54, 1.807) is 0 Å². The first-order valence-corrected chi connectivity index (χ1v) is 11.4. The highest BCUT2D eigenvalue weighted by molar-refractivity contribution is 8.15. The quantitative estimate of drug-likeness (QED) is 0.195. The van der Waals surface area contributed by atoms with Gasteiger partial charge in [0.05, 0.1) is 10.8 Å². The van der Waals surface area contributed by atoms with Gasteiger partial charge in [-0.2, -0.15) is 0 Å². The van der Waals surface area contributed by atoms with E-state index >= 15 is 0 Å². The van der Waals surface area contributed by atoms with Gasteiger partial charge in [-0.15, -0.1) is 11.8 Å². The number of unbranched alkanes of at least 4 members (excludes halogenated alkanes) is 8. The molecule has 0 bridgehead atoms. The maximum atomic E-state index is 10.6. The Morgan fingerprint density at radius 2 is 1.58 bits per heavy atom. The van der Waals surface area contributed by atoms with Gasteiger partial charge in [-0.1, -0.05) is 62.2 Å². The van der Waals surface area contributed by atoms with Crippen molar-refractivity contribution < 1.29 is 4.79 Å². The number of amides is 1. The zero-order valence-corrected chi connectivity index (χ0v) is 17.6. The van der Waals surface area contributed by atoms with Crippen LogP contribution < -0.4 is 5.73 Å². The van der Waals surface area contributed by atoms with E-state index in [1.165, 1.54) is 50.0 Å². The molecule has 0 aliphatic carbocycles. The Hall–Kier alpha value is -0.940. The zero-order chi connectivity index (χ0) is 18.9. The van der Waals surface area contributed by atoms with E-state index in [2.05, 4.69) is 29.3 Å². The minimum atomic E-state index is -0.177. The van der Waals surface area contributed by atoms with E-state index in [9.17, 15) is 4.79 Å².